The number of alkyl halides is 1. The number of carbonyl (C=O) groups excluding carboxylic acids is 1. The van der Waals surface area contributed by atoms with Crippen molar-refractivity contribution in [3.05, 3.63) is 29.3 Å². The average molecular weight is 234 g/mol. The molecule has 0 atom stereocenters. The molecule has 0 aliphatic carbocycles. The van der Waals surface area contributed by atoms with E-state index in [9.17, 15) is 4.79 Å². The van der Waals surface area contributed by atoms with Crippen LogP contribution in [0.15, 0.2) is 24.3 Å². The number of amides is 1. The van der Waals surface area contributed by atoms with Crippen molar-refractivity contribution < 1.29 is 9.53 Å². The smallest absolute Gasteiger partial charge is 0.411 e. The molecule has 0 radical (unpaired) electrons. The lowest BCUT2D eigenvalue weighted by atomic mass is 10.3. The maximum atomic E-state index is 11.1. The van der Waals surface area contributed by atoms with Crippen molar-refractivity contribution in [2.45, 2.75) is 0 Å². The number of rotatable bonds is 3. The molecular formula is C9H9Cl2NO2. The third-order valence-electron chi connectivity index (χ3n) is 1.42. The summed E-state index contributed by atoms with van der Waals surface area (Å²) in [6, 6.07) is 6.91. The van der Waals surface area contributed by atoms with Gasteiger partial charge >= 0.3 is 6.09 Å². The molecule has 1 aromatic carbocycles. The third kappa shape index (κ3) is 3.44. The Labute approximate surface area is 92.0 Å². The largest absolute Gasteiger partial charge is 0.448 e. The molecule has 0 aliphatic heterocycles. The van der Waals surface area contributed by atoms with Crippen LogP contribution in [-0.2, 0) is 4.74 Å². The van der Waals surface area contributed by atoms with Gasteiger partial charge in [-0.25, -0.2) is 4.79 Å². The molecule has 3 nitrogen and oxygen atoms in total. The molecule has 0 unspecified atom stereocenters. The number of hydrogen-bond acceptors (Lipinski definition) is 2. The molecular weight excluding hydrogens is 225 g/mol. The summed E-state index contributed by atoms with van der Waals surface area (Å²) in [6.45, 7) is 0.178. The zero-order valence-corrected chi connectivity index (χ0v) is 8.81. The molecule has 0 aliphatic rings. The molecule has 1 N–H and O–H groups in total. The summed E-state index contributed by atoms with van der Waals surface area (Å²) in [4.78, 5) is 11.1. The standard InChI is InChI=1S/C9H9Cl2NO2/c10-5-6-14-9(13)12-8-4-2-1-3-7(8)11/h1-4H,5-6H2,(H,12,13). The van der Waals surface area contributed by atoms with E-state index < -0.39 is 6.09 Å². The first-order valence-corrected chi connectivity index (χ1v) is 4.89. The monoisotopic (exact) mass is 233 g/mol. The molecule has 1 amide bonds. The van der Waals surface area contributed by atoms with Gasteiger partial charge in [-0.3, -0.25) is 5.32 Å². The van der Waals surface area contributed by atoms with Gasteiger partial charge in [0.1, 0.15) is 6.61 Å². The number of halogens is 2. The number of benzene rings is 1. The Hall–Kier alpha value is -0.930. The van der Waals surface area contributed by atoms with E-state index in [1.807, 2.05) is 0 Å². The predicted molar refractivity (Wildman–Crippen MR) is 57.1 cm³/mol. The van der Waals surface area contributed by atoms with E-state index in [-0.39, 0.29) is 12.5 Å². The van der Waals surface area contributed by atoms with Gasteiger partial charge in [-0.05, 0) is 12.1 Å². The van der Waals surface area contributed by atoms with Gasteiger partial charge in [-0.15, -0.1) is 11.6 Å². The number of nitrogens with one attached hydrogen (secondary N) is 1. The molecule has 1 rings (SSSR count). The molecule has 0 spiro atoms. The van der Waals surface area contributed by atoms with Gasteiger partial charge in [-0.1, -0.05) is 23.7 Å². The SMILES string of the molecule is O=C(Nc1ccccc1Cl)OCCCl. The summed E-state index contributed by atoms with van der Waals surface area (Å²) < 4.78 is 4.71. The van der Waals surface area contributed by atoms with Gasteiger partial charge in [0, 0.05) is 0 Å². The lowest BCUT2D eigenvalue weighted by molar-refractivity contribution is 0.168. The Balaban J connectivity index is 2.52. The minimum absolute atomic E-state index is 0.178. The first kappa shape index (κ1) is 11.1. The van der Waals surface area contributed by atoms with E-state index in [0.717, 1.165) is 0 Å². The molecule has 0 saturated heterocycles. The highest BCUT2D eigenvalue weighted by Crippen LogP contribution is 2.20. The number of anilines is 1. The van der Waals surface area contributed by atoms with E-state index in [1.165, 1.54) is 0 Å². The van der Waals surface area contributed by atoms with Crippen molar-refractivity contribution in [1.82, 2.24) is 0 Å². The van der Waals surface area contributed by atoms with Gasteiger partial charge < -0.3 is 4.74 Å². The molecule has 0 aromatic heterocycles. The Morgan fingerprint density at radius 3 is 2.79 bits per heavy atom. The Bertz CT molecular complexity index is 317. The molecule has 0 heterocycles. The molecule has 0 saturated carbocycles. The maximum Gasteiger partial charge on any atom is 0.411 e. The van der Waals surface area contributed by atoms with Gasteiger partial charge in [-0.2, -0.15) is 0 Å². The van der Waals surface area contributed by atoms with Gasteiger partial charge in [0.15, 0.2) is 0 Å². The molecule has 5 heteroatoms. The van der Waals surface area contributed by atoms with E-state index in [2.05, 4.69) is 5.32 Å². The Morgan fingerprint density at radius 2 is 2.14 bits per heavy atom. The second-order valence-electron chi connectivity index (χ2n) is 2.43. The Kier molecular flexibility index (Phi) is 4.56. The number of hydrogen-bond donors (Lipinski definition) is 1. The lowest BCUT2D eigenvalue weighted by Gasteiger charge is -2.06. The average Bonchev–Trinajstić information content (AvgIpc) is 2.18. The zero-order chi connectivity index (χ0) is 10.4. The quantitative estimate of drug-likeness (QED) is 0.816. The van der Waals surface area contributed by atoms with Crippen molar-refractivity contribution >= 4 is 35.0 Å². The molecule has 0 fully saturated rings. The highest BCUT2D eigenvalue weighted by molar-refractivity contribution is 6.33. The van der Waals surface area contributed by atoms with Gasteiger partial charge in [0.05, 0.1) is 16.6 Å². The highest BCUT2D eigenvalue weighted by Gasteiger charge is 2.04. The van der Waals surface area contributed by atoms with E-state index in [0.29, 0.717) is 10.7 Å². The molecule has 76 valence electrons. The highest BCUT2D eigenvalue weighted by atomic mass is 35.5. The van der Waals surface area contributed by atoms with Crippen LogP contribution in [0.25, 0.3) is 0 Å². The summed E-state index contributed by atoms with van der Waals surface area (Å²) >= 11 is 11.2. The summed E-state index contributed by atoms with van der Waals surface area (Å²) in [5.41, 5.74) is 0.522. The summed E-state index contributed by atoms with van der Waals surface area (Å²) in [5.74, 6) is 0.274. The topological polar surface area (TPSA) is 38.3 Å². The van der Waals surface area contributed by atoms with E-state index in [4.69, 9.17) is 27.9 Å². The second-order valence-corrected chi connectivity index (χ2v) is 3.21. The fraction of sp³-hybridized carbons (Fsp3) is 0.222. The van der Waals surface area contributed by atoms with Crippen LogP contribution in [0.5, 0.6) is 0 Å². The lowest BCUT2D eigenvalue weighted by Crippen LogP contribution is -2.15. The number of carbonyl (C=O) groups is 1. The van der Waals surface area contributed by atoms with Crippen molar-refractivity contribution in [3.8, 4) is 0 Å². The van der Waals surface area contributed by atoms with Crippen molar-refractivity contribution in [1.29, 1.82) is 0 Å². The minimum atomic E-state index is -0.557. The van der Waals surface area contributed by atoms with Crippen molar-refractivity contribution in [2.24, 2.45) is 0 Å². The van der Waals surface area contributed by atoms with Gasteiger partial charge in [0.2, 0.25) is 0 Å². The summed E-state index contributed by atoms with van der Waals surface area (Å²) in [5, 5.41) is 2.96. The van der Waals surface area contributed by atoms with Crippen LogP contribution in [0.2, 0.25) is 5.02 Å². The van der Waals surface area contributed by atoms with Crippen LogP contribution in [0, 0.1) is 0 Å². The fourth-order valence-corrected chi connectivity index (χ4v) is 1.10. The summed E-state index contributed by atoms with van der Waals surface area (Å²) in [6.07, 6.45) is -0.557. The molecule has 1 aromatic rings. The fourth-order valence-electron chi connectivity index (χ4n) is 0.840. The van der Waals surface area contributed by atoms with Crippen LogP contribution < -0.4 is 5.32 Å². The molecule has 0 bridgehead atoms. The van der Waals surface area contributed by atoms with Gasteiger partial charge in [0.25, 0.3) is 0 Å². The molecule has 14 heavy (non-hydrogen) atoms. The van der Waals surface area contributed by atoms with E-state index >= 15 is 0 Å². The Morgan fingerprint density at radius 1 is 1.43 bits per heavy atom. The van der Waals surface area contributed by atoms with Crippen molar-refractivity contribution in [2.75, 3.05) is 17.8 Å². The van der Waals surface area contributed by atoms with E-state index in [1.54, 1.807) is 24.3 Å². The summed E-state index contributed by atoms with van der Waals surface area (Å²) in [7, 11) is 0. The second kappa shape index (κ2) is 5.73. The first-order valence-electron chi connectivity index (χ1n) is 3.98. The van der Waals surface area contributed by atoms with Crippen LogP contribution >= 0.6 is 23.2 Å². The van der Waals surface area contributed by atoms with Crippen LogP contribution in [-0.4, -0.2) is 18.6 Å². The number of ether oxygens (including phenoxy) is 1. The zero-order valence-electron chi connectivity index (χ0n) is 7.30. The third-order valence-corrected chi connectivity index (χ3v) is 1.90. The van der Waals surface area contributed by atoms with Crippen molar-refractivity contribution in [3.63, 3.8) is 0 Å². The maximum absolute atomic E-state index is 11.1. The predicted octanol–water partition coefficient (Wildman–Crippen LogP) is 3.13. The van der Waals surface area contributed by atoms with Crippen LogP contribution in [0.4, 0.5) is 10.5 Å². The van der Waals surface area contributed by atoms with Crippen LogP contribution in [0.1, 0.15) is 0 Å². The minimum Gasteiger partial charge on any atom is -0.448 e. The van der Waals surface area contributed by atoms with Crippen LogP contribution in [0.3, 0.4) is 0 Å². The first-order chi connectivity index (χ1) is 6.74. The number of para-hydroxylation sites is 1. The normalized spacial score (nSPS) is 9.57.